The number of para-hydroxylation sites is 1. The molecule has 2 heteroatoms. The Labute approximate surface area is 116 Å². The highest BCUT2D eigenvalue weighted by Gasteiger charge is 2.29. The van der Waals surface area contributed by atoms with Gasteiger partial charge in [-0.2, -0.15) is 0 Å². The van der Waals surface area contributed by atoms with E-state index in [1.54, 1.807) is 0 Å². The van der Waals surface area contributed by atoms with Crippen molar-refractivity contribution in [3.8, 4) is 5.75 Å². The van der Waals surface area contributed by atoms with Gasteiger partial charge in [0, 0.05) is 0 Å². The molecule has 0 amide bonds. The lowest BCUT2D eigenvalue weighted by Crippen LogP contribution is -2.28. The summed E-state index contributed by atoms with van der Waals surface area (Å²) in [4.78, 5) is 0. The maximum atomic E-state index is 6.01. The van der Waals surface area contributed by atoms with Gasteiger partial charge in [-0.05, 0) is 62.2 Å². The summed E-state index contributed by atoms with van der Waals surface area (Å²) in [7, 11) is 2.07. The number of hydrogen-bond donors (Lipinski definition) is 1. The fourth-order valence-corrected chi connectivity index (χ4v) is 3.83. The first-order valence-corrected chi connectivity index (χ1v) is 7.79. The summed E-state index contributed by atoms with van der Waals surface area (Å²) in [5.74, 6) is 2.69. The highest BCUT2D eigenvalue weighted by Crippen LogP contribution is 2.43. The van der Waals surface area contributed by atoms with Crippen molar-refractivity contribution in [2.45, 2.75) is 44.4 Å². The average Bonchev–Trinajstić information content (AvgIpc) is 2.48. The number of fused-ring (bicyclic) bond motifs is 1. The van der Waals surface area contributed by atoms with Crippen LogP contribution in [0.25, 0.3) is 0 Å². The lowest BCUT2D eigenvalue weighted by atomic mass is 9.74. The van der Waals surface area contributed by atoms with Crippen LogP contribution in [0.15, 0.2) is 18.2 Å². The minimum atomic E-state index is 0.689. The van der Waals surface area contributed by atoms with Gasteiger partial charge in [-0.25, -0.2) is 0 Å². The van der Waals surface area contributed by atoms with Crippen molar-refractivity contribution < 1.29 is 4.74 Å². The van der Waals surface area contributed by atoms with E-state index in [0.717, 1.165) is 19.1 Å². The molecule has 0 bridgehead atoms. The molecule has 2 unspecified atom stereocenters. The zero-order valence-electron chi connectivity index (χ0n) is 12.0. The van der Waals surface area contributed by atoms with Gasteiger partial charge in [0.15, 0.2) is 0 Å². The largest absolute Gasteiger partial charge is 0.493 e. The second-order valence-electron chi connectivity index (χ2n) is 6.00. The van der Waals surface area contributed by atoms with Gasteiger partial charge in [-0.3, -0.25) is 0 Å². The van der Waals surface area contributed by atoms with E-state index in [4.69, 9.17) is 4.74 Å². The molecule has 2 aliphatic rings. The van der Waals surface area contributed by atoms with E-state index in [9.17, 15) is 0 Å². The maximum Gasteiger partial charge on any atom is 0.125 e. The number of aryl methyl sites for hydroxylation is 1. The standard InChI is InChI=1S/C17H25NO/c1-18-12-14-6-2-3-9-15(14)16-10-4-7-13-8-5-11-19-17(13)16/h4,7,10,14-15,18H,2-3,5-6,8-9,11-12H2,1H3. The molecule has 1 heterocycles. The van der Waals surface area contributed by atoms with E-state index in [1.165, 1.54) is 55.4 Å². The first-order valence-electron chi connectivity index (χ1n) is 7.79. The molecule has 19 heavy (non-hydrogen) atoms. The Morgan fingerprint density at radius 2 is 2.11 bits per heavy atom. The fraction of sp³-hybridized carbons (Fsp3) is 0.647. The molecule has 0 spiro atoms. The number of rotatable bonds is 3. The molecule has 1 aromatic rings. The first kappa shape index (κ1) is 13.0. The smallest absolute Gasteiger partial charge is 0.125 e. The van der Waals surface area contributed by atoms with E-state index in [1.807, 2.05) is 0 Å². The maximum absolute atomic E-state index is 6.01. The van der Waals surface area contributed by atoms with Crippen molar-refractivity contribution in [1.82, 2.24) is 5.32 Å². The predicted octanol–water partition coefficient (Wildman–Crippen LogP) is 3.50. The second-order valence-corrected chi connectivity index (χ2v) is 6.00. The van der Waals surface area contributed by atoms with Crippen LogP contribution in [0.1, 0.15) is 49.1 Å². The molecule has 3 rings (SSSR count). The van der Waals surface area contributed by atoms with Gasteiger partial charge in [0.1, 0.15) is 5.75 Å². The summed E-state index contributed by atoms with van der Waals surface area (Å²) in [5, 5.41) is 3.38. The van der Waals surface area contributed by atoms with Crippen LogP contribution in [0.2, 0.25) is 0 Å². The van der Waals surface area contributed by atoms with Crippen molar-refractivity contribution in [2.24, 2.45) is 5.92 Å². The van der Waals surface area contributed by atoms with Gasteiger partial charge in [0.25, 0.3) is 0 Å². The minimum Gasteiger partial charge on any atom is -0.493 e. The van der Waals surface area contributed by atoms with Crippen LogP contribution in [0, 0.1) is 5.92 Å². The molecule has 1 aliphatic carbocycles. The Balaban J connectivity index is 1.91. The Kier molecular flexibility index (Phi) is 4.07. The molecular formula is C17H25NO. The molecule has 2 atom stereocenters. The van der Waals surface area contributed by atoms with Gasteiger partial charge >= 0.3 is 0 Å². The van der Waals surface area contributed by atoms with Gasteiger partial charge in [0.05, 0.1) is 6.61 Å². The summed E-state index contributed by atoms with van der Waals surface area (Å²) in [6, 6.07) is 6.78. The van der Waals surface area contributed by atoms with Crippen LogP contribution >= 0.6 is 0 Å². The van der Waals surface area contributed by atoms with Crippen LogP contribution in [0.5, 0.6) is 5.75 Å². The molecule has 0 aromatic heterocycles. The summed E-state index contributed by atoms with van der Waals surface area (Å²) in [6.45, 7) is 2.03. The first-order chi connectivity index (χ1) is 9.40. The zero-order chi connectivity index (χ0) is 13.1. The highest BCUT2D eigenvalue weighted by atomic mass is 16.5. The number of ether oxygens (including phenoxy) is 1. The number of benzene rings is 1. The third-order valence-corrected chi connectivity index (χ3v) is 4.74. The lowest BCUT2D eigenvalue weighted by Gasteiger charge is -2.34. The van der Waals surface area contributed by atoms with Crippen LogP contribution in [0.4, 0.5) is 0 Å². The molecule has 2 nitrogen and oxygen atoms in total. The Bertz CT molecular complexity index is 427. The van der Waals surface area contributed by atoms with Crippen LogP contribution < -0.4 is 10.1 Å². The van der Waals surface area contributed by atoms with Gasteiger partial charge in [0.2, 0.25) is 0 Å². The van der Waals surface area contributed by atoms with E-state index in [-0.39, 0.29) is 0 Å². The predicted molar refractivity (Wildman–Crippen MR) is 78.9 cm³/mol. The number of nitrogens with one attached hydrogen (secondary N) is 1. The second kappa shape index (κ2) is 5.96. The van der Waals surface area contributed by atoms with E-state index in [2.05, 4.69) is 30.6 Å². The summed E-state index contributed by atoms with van der Waals surface area (Å²) < 4.78 is 6.01. The van der Waals surface area contributed by atoms with E-state index >= 15 is 0 Å². The summed E-state index contributed by atoms with van der Waals surface area (Å²) in [6.07, 6.45) is 7.79. The Hall–Kier alpha value is -1.02. The van der Waals surface area contributed by atoms with Crippen LogP contribution in [-0.4, -0.2) is 20.2 Å². The monoisotopic (exact) mass is 259 g/mol. The quantitative estimate of drug-likeness (QED) is 0.897. The van der Waals surface area contributed by atoms with Crippen molar-refractivity contribution in [2.75, 3.05) is 20.2 Å². The molecule has 104 valence electrons. The van der Waals surface area contributed by atoms with Crippen molar-refractivity contribution in [1.29, 1.82) is 0 Å². The third kappa shape index (κ3) is 2.64. The Morgan fingerprint density at radius 3 is 3.00 bits per heavy atom. The third-order valence-electron chi connectivity index (χ3n) is 4.74. The minimum absolute atomic E-state index is 0.689. The van der Waals surface area contributed by atoms with Crippen molar-refractivity contribution in [3.05, 3.63) is 29.3 Å². The van der Waals surface area contributed by atoms with E-state index in [0.29, 0.717) is 5.92 Å². The summed E-state index contributed by atoms with van der Waals surface area (Å²) >= 11 is 0. The van der Waals surface area contributed by atoms with Gasteiger partial charge < -0.3 is 10.1 Å². The lowest BCUT2D eigenvalue weighted by molar-refractivity contribution is 0.262. The normalized spacial score (nSPS) is 26.6. The molecule has 1 aliphatic heterocycles. The highest BCUT2D eigenvalue weighted by molar-refractivity contribution is 5.45. The zero-order valence-corrected chi connectivity index (χ0v) is 12.0. The molecule has 0 saturated heterocycles. The summed E-state index contributed by atoms with van der Waals surface area (Å²) in [5.41, 5.74) is 2.91. The number of hydrogen-bond acceptors (Lipinski definition) is 2. The average molecular weight is 259 g/mol. The molecule has 1 saturated carbocycles. The van der Waals surface area contributed by atoms with Crippen molar-refractivity contribution >= 4 is 0 Å². The van der Waals surface area contributed by atoms with Crippen molar-refractivity contribution in [3.63, 3.8) is 0 Å². The van der Waals surface area contributed by atoms with E-state index < -0.39 is 0 Å². The van der Waals surface area contributed by atoms with Crippen LogP contribution in [0.3, 0.4) is 0 Å². The fourth-order valence-electron chi connectivity index (χ4n) is 3.83. The molecule has 1 N–H and O–H groups in total. The molecule has 1 fully saturated rings. The molecule has 1 aromatic carbocycles. The SMILES string of the molecule is CNCC1CCCCC1c1cccc2c1OCCC2. The van der Waals surface area contributed by atoms with Gasteiger partial charge in [-0.15, -0.1) is 0 Å². The topological polar surface area (TPSA) is 21.3 Å². The molecule has 0 radical (unpaired) electrons. The Morgan fingerprint density at radius 1 is 1.21 bits per heavy atom. The van der Waals surface area contributed by atoms with Crippen LogP contribution in [-0.2, 0) is 6.42 Å². The van der Waals surface area contributed by atoms with Gasteiger partial charge in [-0.1, -0.05) is 31.0 Å². The molecular weight excluding hydrogens is 234 g/mol.